The molecule has 2 aromatic heterocycles. The van der Waals surface area contributed by atoms with Crippen LogP contribution in [0.5, 0.6) is 0 Å². The zero-order chi connectivity index (χ0) is 16.7. The number of hydrogen-bond donors (Lipinski definition) is 0. The number of aromatic nitrogens is 2. The molecule has 1 unspecified atom stereocenters. The van der Waals surface area contributed by atoms with Gasteiger partial charge in [-0.05, 0) is 44.7 Å². The largest absolute Gasteiger partial charge is 0.375 e. The van der Waals surface area contributed by atoms with E-state index in [1.54, 1.807) is 11.3 Å². The van der Waals surface area contributed by atoms with Crippen LogP contribution in [0.3, 0.4) is 0 Å². The van der Waals surface area contributed by atoms with Crippen molar-refractivity contribution < 1.29 is 9.53 Å². The van der Waals surface area contributed by atoms with Gasteiger partial charge in [-0.15, -0.1) is 11.3 Å². The number of hydrogen-bond acceptors (Lipinski definition) is 4. The maximum absolute atomic E-state index is 12.8. The second kappa shape index (κ2) is 6.33. The summed E-state index contributed by atoms with van der Waals surface area (Å²) >= 11 is 1.56. The first-order chi connectivity index (χ1) is 11.6. The Morgan fingerprint density at radius 2 is 2.21 bits per heavy atom. The molecule has 6 heteroatoms. The lowest BCUT2D eigenvalue weighted by atomic mass is 10.2. The molecule has 128 valence electrons. The summed E-state index contributed by atoms with van der Waals surface area (Å²) in [6.07, 6.45) is 4.52. The minimum absolute atomic E-state index is 0.00848. The lowest BCUT2D eigenvalue weighted by Gasteiger charge is -2.34. The Kier molecular flexibility index (Phi) is 4.18. The Morgan fingerprint density at radius 3 is 2.92 bits per heavy atom. The Morgan fingerprint density at radius 1 is 1.38 bits per heavy atom. The number of nitrogens with zero attached hydrogens (tertiary/aromatic N) is 3. The van der Waals surface area contributed by atoms with E-state index >= 15 is 0 Å². The molecule has 3 heterocycles. The fourth-order valence-corrected chi connectivity index (χ4v) is 4.08. The summed E-state index contributed by atoms with van der Waals surface area (Å²) < 4.78 is 8.03. The van der Waals surface area contributed by atoms with E-state index in [-0.39, 0.29) is 11.9 Å². The fourth-order valence-electron chi connectivity index (χ4n) is 3.26. The minimum Gasteiger partial charge on any atom is -0.375 e. The van der Waals surface area contributed by atoms with E-state index in [1.807, 2.05) is 30.2 Å². The maximum atomic E-state index is 12.8. The number of imidazole rings is 1. The van der Waals surface area contributed by atoms with Gasteiger partial charge in [0.05, 0.1) is 29.4 Å². The summed E-state index contributed by atoms with van der Waals surface area (Å²) in [6.45, 7) is 7.08. The van der Waals surface area contributed by atoms with Gasteiger partial charge in [-0.3, -0.25) is 4.79 Å². The van der Waals surface area contributed by atoms with Crippen molar-refractivity contribution in [3.63, 3.8) is 0 Å². The van der Waals surface area contributed by atoms with Gasteiger partial charge in [-0.1, -0.05) is 0 Å². The van der Waals surface area contributed by atoms with Crippen LogP contribution in [0.4, 0.5) is 0 Å². The van der Waals surface area contributed by atoms with Gasteiger partial charge in [0.25, 0.3) is 5.91 Å². The van der Waals surface area contributed by atoms with Crippen LogP contribution in [0.1, 0.15) is 51.9 Å². The van der Waals surface area contributed by atoms with Crippen LogP contribution in [0.15, 0.2) is 18.3 Å². The molecule has 0 bridgehead atoms. The molecule has 1 atom stereocenters. The van der Waals surface area contributed by atoms with Crippen molar-refractivity contribution >= 4 is 17.2 Å². The highest BCUT2D eigenvalue weighted by molar-refractivity contribution is 7.13. The molecule has 24 heavy (non-hydrogen) atoms. The number of thiophene rings is 1. The third-order valence-corrected chi connectivity index (χ3v) is 5.88. The SMILES string of the molecule is Cc1ccc(C(=O)N2CCn3c(COCC4CC4)cnc3C2C)s1. The van der Waals surface area contributed by atoms with E-state index in [4.69, 9.17) is 4.74 Å². The van der Waals surface area contributed by atoms with Crippen molar-refractivity contribution in [1.82, 2.24) is 14.5 Å². The van der Waals surface area contributed by atoms with Crippen LogP contribution in [0.25, 0.3) is 0 Å². The van der Waals surface area contributed by atoms with Gasteiger partial charge in [-0.25, -0.2) is 4.98 Å². The number of amides is 1. The highest BCUT2D eigenvalue weighted by atomic mass is 32.1. The van der Waals surface area contributed by atoms with Gasteiger partial charge >= 0.3 is 0 Å². The first-order valence-electron chi connectivity index (χ1n) is 8.63. The Bertz CT molecular complexity index is 747. The lowest BCUT2D eigenvalue weighted by Crippen LogP contribution is -2.41. The zero-order valence-corrected chi connectivity index (χ0v) is 15.0. The average molecular weight is 345 g/mol. The summed E-state index contributed by atoms with van der Waals surface area (Å²) in [6, 6.07) is 3.92. The number of carbonyl (C=O) groups is 1. The third kappa shape index (κ3) is 3.00. The van der Waals surface area contributed by atoms with Gasteiger partial charge in [0, 0.05) is 24.6 Å². The standard InChI is InChI=1S/C18H23N3O2S/c1-12-3-6-16(24-12)18(22)20-7-8-21-15(9-19-17(21)13(20)2)11-23-10-14-4-5-14/h3,6,9,13-14H,4-5,7-8,10-11H2,1-2H3. The highest BCUT2D eigenvalue weighted by Crippen LogP contribution is 2.30. The van der Waals surface area contributed by atoms with Gasteiger partial charge in [0.2, 0.25) is 0 Å². The average Bonchev–Trinajstić information content (AvgIpc) is 3.14. The second-order valence-electron chi connectivity index (χ2n) is 6.80. The predicted octanol–water partition coefficient (Wildman–Crippen LogP) is 3.40. The summed E-state index contributed by atoms with van der Waals surface area (Å²) in [5.41, 5.74) is 1.12. The van der Waals surface area contributed by atoms with Gasteiger partial charge in [0.15, 0.2) is 0 Å². The minimum atomic E-state index is -0.00848. The highest BCUT2D eigenvalue weighted by Gasteiger charge is 2.31. The molecule has 1 fully saturated rings. The van der Waals surface area contributed by atoms with Crippen LogP contribution in [-0.4, -0.2) is 33.5 Å². The van der Waals surface area contributed by atoms with Gasteiger partial charge in [0.1, 0.15) is 5.82 Å². The molecular weight excluding hydrogens is 322 g/mol. The molecule has 1 aliphatic heterocycles. The molecule has 2 aromatic rings. The first kappa shape index (κ1) is 15.8. The molecule has 0 spiro atoms. The van der Waals surface area contributed by atoms with Crippen molar-refractivity contribution in [3.8, 4) is 0 Å². The molecule has 0 N–H and O–H groups in total. The van der Waals surface area contributed by atoms with Crippen LogP contribution < -0.4 is 0 Å². The number of rotatable bonds is 5. The van der Waals surface area contributed by atoms with Crippen LogP contribution in [-0.2, 0) is 17.9 Å². The lowest BCUT2D eigenvalue weighted by molar-refractivity contribution is 0.0631. The molecule has 1 aliphatic carbocycles. The smallest absolute Gasteiger partial charge is 0.264 e. The van der Waals surface area contributed by atoms with Gasteiger partial charge in [-0.2, -0.15) is 0 Å². The van der Waals surface area contributed by atoms with Crippen molar-refractivity contribution in [2.75, 3.05) is 13.2 Å². The van der Waals surface area contributed by atoms with Crippen molar-refractivity contribution in [3.05, 3.63) is 39.6 Å². The van der Waals surface area contributed by atoms with Crippen LogP contribution in [0.2, 0.25) is 0 Å². The second-order valence-corrected chi connectivity index (χ2v) is 8.09. The molecule has 0 saturated heterocycles. The van der Waals surface area contributed by atoms with E-state index in [1.165, 1.54) is 17.7 Å². The summed E-state index contributed by atoms with van der Waals surface area (Å²) in [7, 11) is 0. The van der Waals surface area contributed by atoms with E-state index in [2.05, 4.69) is 16.5 Å². The maximum Gasteiger partial charge on any atom is 0.264 e. The Hall–Kier alpha value is -1.66. The summed E-state index contributed by atoms with van der Waals surface area (Å²) in [5, 5.41) is 0. The molecule has 5 nitrogen and oxygen atoms in total. The number of fused-ring (bicyclic) bond motifs is 1. The van der Waals surface area contributed by atoms with Gasteiger partial charge < -0.3 is 14.2 Å². The molecular formula is C18H23N3O2S. The zero-order valence-electron chi connectivity index (χ0n) is 14.2. The number of ether oxygens (including phenoxy) is 1. The quantitative estimate of drug-likeness (QED) is 0.834. The fraction of sp³-hybridized carbons (Fsp3) is 0.556. The van der Waals surface area contributed by atoms with Crippen molar-refractivity contribution in [1.29, 1.82) is 0 Å². The topological polar surface area (TPSA) is 47.4 Å². The normalized spacial score (nSPS) is 20.2. The molecule has 4 rings (SSSR count). The van der Waals surface area contributed by atoms with E-state index in [0.717, 1.165) is 42.0 Å². The Balaban J connectivity index is 1.47. The van der Waals surface area contributed by atoms with E-state index < -0.39 is 0 Å². The van der Waals surface area contributed by atoms with Crippen LogP contribution >= 0.6 is 11.3 Å². The van der Waals surface area contributed by atoms with Crippen molar-refractivity contribution in [2.24, 2.45) is 5.92 Å². The third-order valence-electron chi connectivity index (χ3n) is 4.89. The van der Waals surface area contributed by atoms with E-state index in [9.17, 15) is 4.79 Å². The predicted molar refractivity (Wildman–Crippen MR) is 93.1 cm³/mol. The van der Waals surface area contributed by atoms with Crippen molar-refractivity contribution in [2.45, 2.75) is 45.9 Å². The van der Waals surface area contributed by atoms with Crippen LogP contribution in [0, 0.1) is 12.8 Å². The van der Waals surface area contributed by atoms with E-state index in [0.29, 0.717) is 6.61 Å². The molecule has 1 saturated carbocycles. The summed E-state index contributed by atoms with van der Waals surface area (Å²) in [4.78, 5) is 21.3. The monoisotopic (exact) mass is 345 g/mol. The number of aryl methyl sites for hydroxylation is 1. The molecule has 0 radical (unpaired) electrons. The molecule has 0 aromatic carbocycles. The summed E-state index contributed by atoms with van der Waals surface area (Å²) in [5.74, 6) is 1.85. The molecule has 2 aliphatic rings. The number of carbonyl (C=O) groups excluding carboxylic acids is 1. The first-order valence-corrected chi connectivity index (χ1v) is 9.44. The Labute approximate surface area is 146 Å². The molecule has 1 amide bonds.